The highest BCUT2D eigenvalue weighted by Gasteiger charge is 2.20. The van der Waals surface area contributed by atoms with Crippen molar-refractivity contribution >= 4 is 23.3 Å². The number of ether oxygens (including phenoxy) is 1. The van der Waals surface area contributed by atoms with Gasteiger partial charge in [0.2, 0.25) is 5.91 Å². The van der Waals surface area contributed by atoms with Crippen LogP contribution in [0.25, 0.3) is 6.08 Å². The van der Waals surface area contributed by atoms with Gasteiger partial charge in [-0.2, -0.15) is 0 Å². The van der Waals surface area contributed by atoms with E-state index < -0.39 is 0 Å². The molecule has 1 saturated carbocycles. The Morgan fingerprint density at radius 3 is 3.09 bits per heavy atom. The number of aromatic nitrogens is 1. The molecule has 1 fully saturated rings. The summed E-state index contributed by atoms with van der Waals surface area (Å²) in [5.74, 6) is 1.43. The van der Waals surface area contributed by atoms with Crippen molar-refractivity contribution in [3.63, 3.8) is 0 Å². The van der Waals surface area contributed by atoms with Crippen LogP contribution in [0, 0.1) is 12.8 Å². The minimum absolute atomic E-state index is 0.0406. The average molecular weight is 328 g/mol. The SMILES string of the molecule is Cc1nc(COc2cccc(/C=C/C(=O)NCC3CC3)c2)cs1. The number of nitrogens with one attached hydrogen (secondary N) is 1. The number of nitrogens with zero attached hydrogens (tertiary/aromatic N) is 1. The van der Waals surface area contributed by atoms with Crippen LogP contribution in [0.2, 0.25) is 0 Å². The van der Waals surface area contributed by atoms with E-state index in [0.29, 0.717) is 12.5 Å². The molecule has 1 amide bonds. The van der Waals surface area contributed by atoms with Crippen molar-refractivity contribution in [3.05, 3.63) is 52.0 Å². The van der Waals surface area contributed by atoms with Gasteiger partial charge in [-0.05, 0) is 49.5 Å². The van der Waals surface area contributed by atoms with E-state index in [-0.39, 0.29) is 5.91 Å². The first-order valence-corrected chi connectivity index (χ1v) is 8.67. The summed E-state index contributed by atoms with van der Waals surface area (Å²) in [6.45, 7) is 3.23. The molecule has 0 aliphatic heterocycles. The molecule has 120 valence electrons. The lowest BCUT2D eigenvalue weighted by molar-refractivity contribution is -0.116. The molecule has 0 bridgehead atoms. The third kappa shape index (κ3) is 5.21. The summed E-state index contributed by atoms with van der Waals surface area (Å²) in [6.07, 6.45) is 5.86. The molecule has 23 heavy (non-hydrogen) atoms. The molecule has 0 saturated heterocycles. The van der Waals surface area contributed by atoms with Crippen LogP contribution in [0.15, 0.2) is 35.7 Å². The highest BCUT2D eigenvalue weighted by Crippen LogP contribution is 2.27. The number of aryl methyl sites for hydroxylation is 1. The average Bonchev–Trinajstić information content (AvgIpc) is 3.30. The summed E-state index contributed by atoms with van der Waals surface area (Å²) in [6, 6.07) is 7.70. The van der Waals surface area contributed by atoms with E-state index in [1.807, 2.05) is 42.6 Å². The zero-order chi connectivity index (χ0) is 16.1. The molecule has 0 atom stereocenters. The molecule has 1 N–H and O–H groups in total. The van der Waals surface area contributed by atoms with Gasteiger partial charge in [-0.1, -0.05) is 12.1 Å². The van der Waals surface area contributed by atoms with Crippen LogP contribution in [0.4, 0.5) is 0 Å². The highest BCUT2D eigenvalue weighted by atomic mass is 32.1. The maximum Gasteiger partial charge on any atom is 0.244 e. The third-order valence-electron chi connectivity index (χ3n) is 3.60. The third-order valence-corrected chi connectivity index (χ3v) is 4.42. The topological polar surface area (TPSA) is 51.2 Å². The number of benzene rings is 1. The number of rotatable bonds is 7. The quantitative estimate of drug-likeness (QED) is 0.791. The van der Waals surface area contributed by atoms with E-state index in [2.05, 4.69) is 10.3 Å². The number of thiazole rings is 1. The molecule has 2 aromatic rings. The van der Waals surface area contributed by atoms with Crippen LogP contribution >= 0.6 is 11.3 Å². The van der Waals surface area contributed by atoms with Gasteiger partial charge in [0, 0.05) is 18.0 Å². The van der Waals surface area contributed by atoms with E-state index in [4.69, 9.17) is 4.74 Å². The molecular formula is C18H20N2O2S. The largest absolute Gasteiger partial charge is 0.487 e. The zero-order valence-electron chi connectivity index (χ0n) is 13.1. The first kappa shape index (κ1) is 15.7. The van der Waals surface area contributed by atoms with E-state index in [1.165, 1.54) is 12.8 Å². The Hall–Kier alpha value is -2.14. The molecule has 0 unspecified atom stereocenters. The summed E-state index contributed by atoms with van der Waals surface area (Å²) in [7, 11) is 0. The van der Waals surface area contributed by atoms with E-state index in [0.717, 1.165) is 28.6 Å². The van der Waals surface area contributed by atoms with Gasteiger partial charge in [0.25, 0.3) is 0 Å². The minimum Gasteiger partial charge on any atom is -0.487 e. The van der Waals surface area contributed by atoms with Crippen molar-refractivity contribution in [2.24, 2.45) is 5.92 Å². The second-order valence-corrected chi connectivity index (χ2v) is 6.80. The number of carbonyl (C=O) groups is 1. The Balaban J connectivity index is 1.52. The summed E-state index contributed by atoms with van der Waals surface area (Å²) >= 11 is 1.62. The lowest BCUT2D eigenvalue weighted by Crippen LogP contribution is -2.23. The van der Waals surface area contributed by atoms with Crippen molar-refractivity contribution < 1.29 is 9.53 Å². The van der Waals surface area contributed by atoms with Gasteiger partial charge in [0.05, 0.1) is 10.7 Å². The van der Waals surface area contributed by atoms with Gasteiger partial charge in [-0.15, -0.1) is 11.3 Å². The Labute approximate surface area is 140 Å². The fourth-order valence-corrected chi connectivity index (χ4v) is 2.73. The van der Waals surface area contributed by atoms with Gasteiger partial charge in [0.15, 0.2) is 0 Å². The molecule has 1 aromatic carbocycles. The molecule has 3 rings (SSSR count). The first-order chi connectivity index (χ1) is 11.2. The van der Waals surface area contributed by atoms with Crippen LogP contribution in [0.3, 0.4) is 0 Å². The smallest absolute Gasteiger partial charge is 0.244 e. The molecule has 5 heteroatoms. The molecule has 1 aliphatic carbocycles. The van der Waals surface area contributed by atoms with Crippen LogP contribution in [-0.2, 0) is 11.4 Å². The minimum atomic E-state index is -0.0406. The molecule has 1 aromatic heterocycles. The summed E-state index contributed by atoms with van der Waals surface area (Å²) < 4.78 is 5.75. The highest BCUT2D eigenvalue weighted by molar-refractivity contribution is 7.09. The maximum atomic E-state index is 11.7. The Morgan fingerprint density at radius 1 is 1.48 bits per heavy atom. The van der Waals surface area contributed by atoms with Gasteiger partial charge in [0.1, 0.15) is 12.4 Å². The standard InChI is InChI=1S/C18H20N2O2S/c1-13-20-16(12-23-13)11-22-17-4-2-3-14(9-17)7-8-18(21)19-10-15-5-6-15/h2-4,7-9,12,15H,5-6,10-11H2,1H3,(H,19,21)/b8-7+. The van der Waals surface area contributed by atoms with Crippen LogP contribution in [-0.4, -0.2) is 17.4 Å². The summed E-state index contributed by atoms with van der Waals surface area (Å²) in [4.78, 5) is 16.1. The van der Waals surface area contributed by atoms with Gasteiger partial charge < -0.3 is 10.1 Å². The van der Waals surface area contributed by atoms with Gasteiger partial charge in [-0.25, -0.2) is 4.98 Å². The molecule has 4 nitrogen and oxygen atoms in total. The predicted molar refractivity (Wildman–Crippen MR) is 92.4 cm³/mol. The predicted octanol–water partition coefficient (Wildman–Crippen LogP) is 3.57. The van der Waals surface area contributed by atoms with E-state index in [1.54, 1.807) is 17.4 Å². The van der Waals surface area contributed by atoms with Gasteiger partial charge >= 0.3 is 0 Å². The molecule has 0 spiro atoms. The molecule has 0 radical (unpaired) electrons. The van der Waals surface area contributed by atoms with E-state index >= 15 is 0 Å². The molecule has 1 aliphatic rings. The second kappa shape index (κ2) is 7.42. The lowest BCUT2D eigenvalue weighted by atomic mass is 10.2. The molecule has 1 heterocycles. The second-order valence-electron chi connectivity index (χ2n) is 5.74. The van der Waals surface area contributed by atoms with Crippen LogP contribution in [0.5, 0.6) is 5.75 Å². The Morgan fingerprint density at radius 2 is 2.35 bits per heavy atom. The monoisotopic (exact) mass is 328 g/mol. The van der Waals surface area contributed by atoms with Crippen molar-refractivity contribution in [3.8, 4) is 5.75 Å². The normalized spacial score (nSPS) is 14.1. The number of carbonyl (C=O) groups excluding carboxylic acids is 1. The fraction of sp³-hybridized carbons (Fsp3) is 0.333. The number of amides is 1. The fourth-order valence-electron chi connectivity index (χ4n) is 2.14. The number of hydrogen-bond acceptors (Lipinski definition) is 4. The van der Waals surface area contributed by atoms with Crippen molar-refractivity contribution in [1.82, 2.24) is 10.3 Å². The number of hydrogen-bond donors (Lipinski definition) is 1. The lowest BCUT2D eigenvalue weighted by Gasteiger charge is -2.05. The summed E-state index contributed by atoms with van der Waals surface area (Å²) in [5, 5.41) is 5.96. The Bertz CT molecular complexity index is 705. The Kier molecular flexibility index (Phi) is 5.08. The van der Waals surface area contributed by atoms with Crippen LogP contribution < -0.4 is 10.1 Å². The van der Waals surface area contributed by atoms with E-state index in [9.17, 15) is 4.79 Å². The van der Waals surface area contributed by atoms with Crippen LogP contribution in [0.1, 0.15) is 29.1 Å². The van der Waals surface area contributed by atoms with Gasteiger partial charge in [-0.3, -0.25) is 4.79 Å². The summed E-state index contributed by atoms with van der Waals surface area (Å²) in [5.41, 5.74) is 1.88. The van der Waals surface area contributed by atoms with Crippen molar-refractivity contribution in [2.45, 2.75) is 26.4 Å². The van der Waals surface area contributed by atoms with Crippen molar-refractivity contribution in [2.75, 3.05) is 6.54 Å². The molecular weight excluding hydrogens is 308 g/mol. The zero-order valence-corrected chi connectivity index (χ0v) is 13.9. The first-order valence-electron chi connectivity index (χ1n) is 7.79. The maximum absolute atomic E-state index is 11.7. The van der Waals surface area contributed by atoms with Crippen molar-refractivity contribution in [1.29, 1.82) is 0 Å².